The highest BCUT2D eigenvalue weighted by Crippen LogP contribution is 2.66. The van der Waals surface area contributed by atoms with Crippen LogP contribution in [0, 0.1) is 16.7 Å². The first kappa shape index (κ1) is 20.2. The Labute approximate surface area is 152 Å². The van der Waals surface area contributed by atoms with E-state index in [0.29, 0.717) is 23.4 Å². The normalized spacial score (nSPS) is 30.6. The van der Waals surface area contributed by atoms with Crippen LogP contribution in [0.5, 0.6) is 0 Å². The first-order valence-corrected chi connectivity index (χ1v) is 9.58. The van der Waals surface area contributed by atoms with Crippen LogP contribution in [0.2, 0.25) is 0 Å². The molecule has 5 heteroatoms. The Morgan fingerprint density at radius 3 is 2.28 bits per heavy atom. The van der Waals surface area contributed by atoms with Gasteiger partial charge in [-0.15, -0.1) is 0 Å². The molecule has 0 aliphatic heterocycles. The van der Waals surface area contributed by atoms with E-state index in [0.717, 1.165) is 12.8 Å². The van der Waals surface area contributed by atoms with Crippen LogP contribution in [0.4, 0.5) is 0 Å². The van der Waals surface area contributed by atoms with Crippen molar-refractivity contribution >= 4 is 11.9 Å². The van der Waals surface area contributed by atoms with Gasteiger partial charge in [0.05, 0.1) is 33.2 Å². The minimum atomic E-state index is -0.226. The summed E-state index contributed by atoms with van der Waals surface area (Å²) in [6, 6.07) is 0. The molecule has 2 rings (SSSR count). The van der Waals surface area contributed by atoms with Crippen LogP contribution in [0.1, 0.15) is 60.3 Å². The highest BCUT2D eigenvalue weighted by molar-refractivity contribution is 5.71. The molecule has 2 aliphatic rings. The standard InChI is InChI=1S/C20H36NO4/c1-14(2)24-18(23)13-21(6,7)11-9-17(22)25-16-12-15-8-10-20(16,5)19(15,3)4/h14-16H,8-13H2,1-7H3/q+1/t15-,16-,20-/m0/s1. The molecule has 0 radical (unpaired) electrons. The maximum atomic E-state index is 12.4. The van der Waals surface area contributed by atoms with Crippen molar-refractivity contribution in [1.29, 1.82) is 0 Å². The summed E-state index contributed by atoms with van der Waals surface area (Å²) in [6.45, 7) is 11.4. The van der Waals surface area contributed by atoms with Crippen LogP contribution < -0.4 is 0 Å². The zero-order chi connectivity index (χ0) is 19.0. The third-order valence-corrected chi connectivity index (χ3v) is 6.83. The van der Waals surface area contributed by atoms with Gasteiger partial charge in [0.15, 0.2) is 6.54 Å². The summed E-state index contributed by atoms with van der Waals surface area (Å²) in [5, 5.41) is 0. The van der Waals surface area contributed by atoms with E-state index in [1.807, 2.05) is 27.9 Å². The van der Waals surface area contributed by atoms with Gasteiger partial charge in [0.2, 0.25) is 0 Å². The number of hydrogen-bond donors (Lipinski definition) is 0. The Bertz CT molecular complexity index is 526. The average molecular weight is 355 g/mol. The van der Waals surface area contributed by atoms with Crippen molar-refractivity contribution < 1.29 is 23.5 Å². The zero-order valence-electron chi connectivity index (χ0n) is 17.1. The molecule has 5 nitrogen and oxygen atoms in total. The van der Waals surface area contributed by atoms with Gasteiger partial charge in [-0.2, -0.15) is 0 Å². The van der Waals surface area contributed by atoms with Crippen LogP contribution in [-0.4, -0.2) is 55.8 Å². The number of carbonyl (C=O) groups excluding carboxylic acids is 2. The minimum Gasteiger partial charge on any atom is -0.462 e. The molecule has 3 atom stereocenters. The molecule has 0 heterocycles. The Morgan fingerprint density at radius 2 is 1.80 bits per heavy atom. The maximum absolute atomic E-state index is 12.4. The maximum Gasteiger partial charge on any atom is 0.362 e. The number of nitrogens with zero attached hydrogens (tertiary/aromatic N) is 1. The van der Waals surface area contributed by atoms with Crippen molar-refractivity contribution in [3.63, 3.8) is 0 Å². The number of carbonyl (C=O) groups is 2. The first-order chi connectivity index (χ1) is 11.4. The van der Waals surface area contributed by atoms with E-state index in [1.165, 1.54) is 6.42 Å². The fourth-order valence-electron chi connectivity index (χ4n) is 4.65. The lowest BCUT2D eigenvalue weighted by molar-refractivity contribution is -0.882. The number of esters is 2. The third kappa shape index (κ3) is 4.18. The van der Waals surface area contributed by atoms with E-state index < -0.39 is 0 Å². The summed E-state index contributed by atoms with van der Waals surface area (Å²) < 4.78 is 11.5. The Hall–Kier alpha value is -1.10. The molecule has 144 valence electrons. The minimum absolute atomic E-state index is 0.0373. The quantitative estimate of drug-likeness (QED) is 0.520. The Morgan fingerprint density at radius 1 is 1.16 bits per heavy atom. The summed E-state index contributed by atoms with van der Waals surface area (Å²) in [7, 11) is 3.88. The van der Waals surface area contributed by atoms with Crippen molar-refractivity contribution in [3.8, 4) is 0 Å². The fourth-order valence-corrected chi connectivity index (χ4v) is 4.65. The van der Waals surface area contributed by atoms with Crippen molar-refractivity contribution in [1.82, 2.24) is 0 Å². The molecule has 2 saturated carbocycles. The van der Waals surface area contributed by atoms with E-state index in [4.69, 9.17) is 9.47 Å². The van der Waals surface area contributed by atoms with Crippen molar-refractivity contribution in [2.75, 3.05) is 27.2 Å². The highest BCUT2D eigenvalue weighted by Gasteiger charge is 2.62. The Kier molecular flexibility index (Phi) is 5.58. The van der Waals surface area contributed by atoms with Crippen LogP contribution in [0.3, 0.4) is 0 Å². The number of ether oxygens (including phenoxy) is 2. The lowest BCUT2D eigenvalue weighted by Gasteiger charge is -2.38. The van der Waals surface area contributed by atoms with Gasteiger partial charge < -0.3 is 14.0 Å². The predicted octanol–water partition coefficient (Wildman–Crippen LogP) is 3.16. The highest BCUT2D eigenvalue weighted by atomic mass is 16.5. The number of quaternary nitrogens is 1. The largest absolute Gasteiger partial charge is 0.462 e. The van der Waals surface area contributed by atoms with Crippen molar-refractivity contribution in [3.05, 3.63) is 0 Å². The van der Waals surface area contributed by atoms with E-state index in [2.05, 4.69) is 20.8 Å². The summed E-state index contributed by atoms with van der Waals surface area (Å²) >= 11 is 0. The molecule has 0 aromatic carbocycles. The van der Waals surface area contributed by atoms with Gasteiger partial charge in [0.1, 0.15) is 6.10 Å². The second kappa shape index (κ2) is 6.90. The predicted molar refractivity (Wildman–Crippen MR) is 96.8 cm³/mol. The average Bonchev–Trinajstić information content (AvgIpc) is 2.77. The number of rotatable bonds is 7. The molecular weight excluding hydrogens is 318 g/mol. The second-order valence-electron chi connectivity index (χ2n) is 9.70. The molecule has 2 aliphatic carbocycles. The second-order valence-corrected chi connectivity index (χ2v) is 9.70. The van der Waals surface area contributed by atoms with Gasteiger partial charge in [0.25, 0.3) is 0 Å². The van der Waals surface area contributed by atoms with Crippen LogP contribution in [0.25, 0.3) is 0 Å². The smallest absolute Gasteiger partial charge is 0.362 e. The molecule has 2 bridgehead atoms. The molecule has 0 amide bonds. The van der Waals surface area contributed by atoms with Gasteiger partial charge in [-0.05, 0) is 44.4 Å². The van der Waals surface area contributed by atoms with Crippen molar-refractivity contribution in [2.24, 2.45) is 16.7 Å². The van der Waals surface area contributed by atoms with Crippen LogP contribution >= 0.6 is 0 Å². The lowest BCUT2D eigenvalue weighted by Crippen LogP contribution is -2.46. The number of likely N-dealkylation sites (N-methyl/N-ethyl adjacent to an activating group) is 1. The zero-order valence-corrected chi connectivity index (χ0v) is 17.1. The van der Waals surface area contributed by atoms with E-state index in [9.17, 15) is 9.59 Å². The van der Waals surface area contributed by atoms with E-state index >= 15 is 0 Å². The summed E-state index contributed by atoms with van der Waals surface area (Å²) in [6.07, 6.45) is 3.65. The summed E-state index contributed by atoms with van der Waals surface area (Å²) in [4.78, 5) is 24.2. The molecule has 0 spiro atoms. The first-order valence-electron chi connectivity index (χ1n) is 9.58. The lowest BCUT2D eigenvalue weighted by atomic mass is 9.70. The van der Waals surface area contributed by atoms with E-state index in [-0.39, 0.29) is 41.5 Å². The molecule has 0 aromatic heterocycles. The van der Waals surface area contributed by atoms with Gasteiger partial charge in [-0.25, -0.2) is 4.79 Å². The SMILES string of the molecule is CC(C)OC(=O)C[N+](C)(C)CCC(=O)O[C@H]1C[C@@H]2CC[C@]1(C)C2(C)C. The van der Waals surface area contributed by atoms with Gasteiger partial charge >= 0.3 is 11.9 Å². The van der Waals surface area contributed by atoms with Crippen LogP contribution in [-0.2, 0) is 19.1 Å². The molecule has 0 unspecified atom stereocenters. The summed E-state index contributed by atoms with van der Waals surface area (Å²) in [5.41, 5.74) is 0.340. The summed E-state index contributed by atoms with van der Waals surface area (Å²) in [5.74, 6) is 0.294. The number of hydrogen-bond acceptors (Lipinski definition) is 4. The molecule has 0 aromatic rings. The molecular formula is C20H36NO4+. The Balaban J connectivity index is 1.82. The van der Waals surface area contributed by atoms with Crippen molar-refractivity contribution in [2.45, 2.75) is 72.5 Å². The topological polar surface area (TPSA) is 52.6 Å². The molecule has 0 N–H and O–H groups in total. The molecule has 0 saturated heterocycles. The number of fused-ring (bicyclic) bond motifs is 2. The molecule has 2 fully saturated rings. The van der Waals surface area contributed by atoms with Crippen LogP contribution in [0.15, 0.2) is 0 Å². The van der Waals surface area contributed by atoms with Gasteiger partial charge in [-0.1, -0.05) is 20.8 Å². The fraction of sp³-hybridized carbons (Fsp3) is 0.900. The van der Waals surface area contributed by atoms with E-state index in [1.54, 1.807) is 0 Å². The molecule has 25 heavy (non-hydrogen) atoms. The van der Waals surface area contributed by atoms with Gasteiger partial charge in [-0.3, -0.25) is 4.79 Å². The van der Waals surface area contributed by atoms with Gasteiger partial charge in [0, 0.05) is 5.41 Å². The third-order valence-electron chi connectivity index (χ3n) is 6.83. The monoisotopic (exact) mass is 354 g/mol.